The van der Waals surface area contributed by atoms with Crippen LogP contribution in [0.1, 0.15) is 5.69 Å². The van der Waals surface area contributed by atoms with E-state index in [2.05, 4.69) is 27.0 Å². The first-order valence-corrected chi connectivity index (χ1v) is 11.3. The number of fused-ring (bicyclic) bond motifs is 5. The van der Waals surface area contributed by atoms with Crippen molar-refractivity contribution in [2.45, 2.75) is 10.9 Å². The molecule has 0 saturated carbocycles. The van der Waals surface area contributed by atoms with E-state index < -0.39 is 0 Å². The van der Waals surface area contributed by atoms with Crippen LogP contribution in [0, 0.1) is 0 Å². The molecule has 146 valence electrons. The molecule has 4 heterocycles. The van der Waals surface area contributed by atoms with Gasteiger partial charge >= 0.3 is 0 Å². The van der Waals surface area contributed by atoms with Crippen molar-refractivity contribution in [1.82, 2.24) is 29.1 Å². The van der Waals surface area contributed by atoms with Gasteiger partial charge in [0.25, 0.3) is 0 Å². The highest BCUT2D eigenvalue weighted by Crippen LogP contribution is 2.31. The third kappa shape index (κ3) is 2.88. The normalized spacial score (nSPS) is 11.8. The molecule has 0 saturated heterocycles. The molecule has 2 aromatic carbocycles. The van der Waals surface area contributed by atoms with Gasteiger partial charge in [-0.25, -0.2) is 15.0 Å². The molecule has 0 amide bonds. The second kappa shape index (κ2) is 6.93. The molecular weight excluding hydrogens is 412 g/mol. The van der Waals surface area contributed by atoms with E-state index in [1.54, 1.807) is 27.8 Å². The lowest BCUT2D eigenvalue weighted by molar-refractivity contribution is 0.768. The minimum atomic E-state index is 0.740. The molecule has 30 heavy (non-hydrogen) atoms. The number of hydrogen-bond acceptors (Lipinski definition) is 6. The van der Waals surface area contributed by atoms with Crippen LogP contribution >= 0.6 is 23.1 Å². The van der Waals surface area contributed by atoms with Crippen molar-refractivity contribution in [3.63, 3.8) is 0 Å². The fourth-order valence-corrected chi connectivity index (χ4v) is 5.39. The topological polar surface area (TPSA) is 60.9 Å². The summed E-state index contributed by atoms with van der Waals surface area (Å²) < 4.78 is 3.96. The van der Waals surface area contributed by atoms with E-state index in [1.165, 1.54) is 0 Å². The van der Waals surface area contributed by atoms with Gasteiger partial charge in [0.2, 0.25) is 0 Å². The molecule has 0 N–H and O–H groups in total. The third-order valence-electron chi connectivity index (χ3n) is 4.97. The van der Waals surface area contributed by atoms with Gasteiger partial charge in [0.05, 0.1) is 28.4 Å². The monoisotopic (exact) mass is 428 g/mol. The van der Waals surface area contributed by atoms with E-state index in [9.17, 15) is 0 Å². The second-order valence-corrected chi connectivity index (χ2v) is 8.81. The van der Waals surface area contributed by atoms with Crippen molar-refractivity contribution in [2.24, 2.45) is 7.05 Å². The Morgan fingerprint density at radius 1 is 0.967 bits per heavy atom. The molecule has 0 radical (unpaired) electrons. The van der Waals surface area contributed by atoms with Crippen molar-refractivity contribution >= 4 is 50.7 Å². The molecule has 8 heteroatoms. The summed E-state index contributed by atoms with van der Waals surface area (Å²) in [4.78, 5) is 14.6. The summed E-state index contributed by atoms with van der Waals surface area (Å²) in [5, 5.41) is 9.32. The van der Waals surface area contributed by atoms with E-state index >= 15 is 0 Å². The molecule has 0 bridgehead atoms. The van der Waals surface area contributed by atoms with Gasteiger partial charge in [-0.3, -0.25) is 9.08 Å². The summed E-state index contributed by atoms with van der Waals surface area (Å²) in [7, 11) is 1.92. The summed E-state index contributed by atoms with van der Waals surface area (Å²) in [6, 6.07) is 16.4. The first-order valence-electron chi connectivity index (χ1n) is 9.48. The number of thioether (sulfide) groups is 1. The number of hydrogen-bond donors (Lipinski definition) is 0. The van der Waals surface area contributed by atoms with Gasteiger partial charge in [0.1, 0.15) is 10.7 Å². The van der Waals surface area contributed by atoms with Crippen molar-refractivity contribution in [2.75, 3.05) is 0 Å². The maximum absolute atomic E-state index is 4.96. The van der Waals surface area contributed by atoms with Gasteiger partial charge in [-0.15, -0.1) is 11.3 Å². The average molecular weight is 429 g/mol. The van der Waals surface area contributed by atoms with E-state index in [-0.39, 0.29) is 0 Å². The minimum absolute atomic E-state index is 0.740. The van der Waals surface area contributed by atoms with Crippen LogP contribution < -0.4 is 0 Å². The molecule has 6 rings (SSSR count). The minimum Gasteiger partial charge on any atom is -0.275 e. The van der Waals surface area contributed by atoms with Crippen LogP contribution in [0.15, 0.2) is 71.5 Å². The van der Waals surface area contributed by atoms with Crippen LogP contribution in [0.4, 0.5) is 0 Å². The summed E-state index contributed by atoms with van der Waals surface area (Å²) in [5.74, 6) is 0.740. The highest BCUT2D eigenvalue weighted by molar-refractivity contribution is 7.98. The number of para-hydroxylation sites is 3. The zero-order valence-electron chi connectivity index (χ0n) is 16.1. The van der Waals surface area contributed by atoms with Crippen LogP contribution in [-0.4, -0.2) is 29.1 Å². The average Bonchev–Trinajstić information content (AvgIpc) is 3.50. The summed E-state index contributed by atoms with van der Waals surface area (Å²) in [6.45, 7) is 0. The summed E-state index contributed by atoms with van der Waals surface area (Å²) in [5.41, 5.74) is 6.03. The van der Waals surface area contributed by atoms with Gasteiger partial charge in [-0.1, -0.05) is 36.0 Å². The highest BCUT2D eigenvalue weighted by atomic mass is 32.2. The summed E-state index contributed by atoms with van der Waals surface area (Å²) >= 11 is 3.33. The number of benzene rings is 2. The van der Waals surface area contributed by atoms with Crippen LogP contribution in [0.3, 0.4) is 0 Å². The zero-order chi connectivity index (χ0) is 20.1. The van der Waals surface area contributed by atoms with Gasteiger partial charge in [-0.05, 0) is 24.3 Å². The van der Waals surface area contributed by atoms with Crippen molar-refractivity contribution in [3.05, 3.63) is 72.0 Å². The van der Waals surface area contributed by atoms with Crippen LogP contribution in [0.2, 0.25) is 0 Å². The van der Waals surface area contributed by atoms with E-state index in [4.69, 9.17) is 15.0 Å². The molecular formula is C22H16N6S2. The molecule has 0 aliphatic carbocycles. The number of thiazole rings is 1. The quantitative estimate of drug-likeness (QED) is 0.286. The second-order valence-electron chi connectivity index (χ2n) is 7.01. The van der Waals surface area contributed by atoms with Crippen LogP contribution in [0.5, 0.6) is 0 Å². The predicted molar refractivity (Wildman–Crippen MR) is 122 cm³/mol. The summed E-state index contributed by atoms with van der Waals surface area (Å²) in [6.07, 6.45) is 3.84. The largest absolute Gasteiger partial charge is 0.275 e. The van der Waals surface area contributed by atoms with Gasteiger partial charge in [-0.2, -0.15) is 5.10 Å². The first-order chi connectivity index (χ1) is 14.8. The number of aromatic nitrogens is 6. The Morgan fingerprint density at radius 3 is 2.67 bits per heavy atom. The van der Waals surface area contributed by atoms with E-state index in [0.29, 0.717) is 0 Å². The molecule has 6 nitrogen and oxygen atoms in total. The smallest absolute Gasteiger partial charge is 0.175 e. The van der Waals surface area contributed by atoms with Crippen molar-refractivity contribution in [3.8, 4) is 10.6 Å². The molecule has 0 unspecified atom stereocenters. The number of nitrogens with zero attached hydrogens (tertiary/aromatic N) is 6. The lowest BCUT2D eigenvalue weighted by Crippen LogP contribution is -1.97. The fraction of sp³-hybridized carbons (Fsp3) is 0.0909. The number of rotatable bonds is 4. The Labute approximate surface area is 180 Å². The lowest BCUT2D eigenvalue weighted by Gasteiger charge is -2.07. The van der Waals surface area contributed by atoms with Gasteiger partial charge in [0, 0.05) is 35.3 Å². The third-order valence-corrected chi connectivity index (χ3v) is 6.88. The molecule has 0 aliphatic rings. The van der Waals surface area contributed by atoms with Gasteiger partial charge in [0.15, 0.2) is 5.16 Å². The Hall–Kier alpha value is -3.23. The maximum Gasteiger partial charge on any atom is 0.175 e. The SMILES string of the molecule is Cn1cc(-c2nc(CSc3nc4ccccc4c4nc5ccccc5n34)cs2)cn1. The highest BCUT2D eigenvalue weighted by Gasteiger charge is 2.15. The first kappa shape index (κ1) is 17.6. The maximum atomic E-state index is 4.96. The van der Waals surface area contributed by atoms with Crippen molar-refractivity contribution in [1.29, 1.82) is 0 Å². The Bertz CT molecular complexity index is 1530. The molecule has 0 spiro atoms. The number of aryl methyl sites for hydroxylation is 1. The van der Waals surface area contributed by atoms with Crippen molar-refractivity contribution < 1.29 is 0 Å². The molecule has 4 aromatic heterocycles. The standard InChI is InChI=1S/C22H16N6S2/c1-27-11-14(10-23-27)21-24-15(12-29-21)13-30-22-26-17-7-3-2-6-16(17)20-25-18-8-4-5-9-19(18)28(20)22/h2-12H,13H2,1H3. The molecule has 0 aliphatic heterocycles. The van der Waals surface area contributed by atoms with Crippen LogP contribution in [0.25, 0.3) is 38.2 Å². The van der Waals surface area contributed by atoms with Crippen LogP contribution in [-0.2, 0) is 12.8 Å². The van der Waals surface area contributed by atoms with E-state index in [1.807, 2.05) is 55.8 Å². The lowest BCUT2D eigenvalue weighted by atomic mass is 10.2. The fourth-order valence-electron chi connectivity index (χ4n) is 3.59. The Balaban J connectivity index is 1.42. The zero-order valence-corrected chi connectivity index (χ0v) is 17.7. The molecule has 0 fully saturated rings. The Morgan fingerprint density at radius 2 is 1.80 bits per heavy atom. The molecule has 0 atom stereocenters. The van der Waals surface area contributed by atoms with E-state index in [0.717, 1.165) is 54.8 Å². The Kier molecular flexibility index (Phi) is 4.07. The molecule has 6 aromatic rings. The van der Waals surface area contributed by atoms with Gasteiger partial charge < -0.3 is 0 Å². The number of imidazole rings is 1. The predicted octanol–water partition coefficient (Wildman–Crippen LogP) is 5.19.